The van der Waals surface area contributed by atoms with Gasteiger partial charge in [0.15, 0.2) is 0 Å². The van der Waals surface area contributed by atoms with Crippen molar-refractivity contribution >= 4 is 17.6 Å². The average molecular weight is 280 g/mol. The second-order valence-electron chi connectivity index (χ2n) is 3.81. The molecule has 2 rings (SSSR count). The van der Waals surface area contributed by atoms with Gasteiger partial charge in [0.2, 0.25) is 0 Å². The molecule has 0 amide bonds. The largest absolute Gasteiger partial charge is 0.478 e. The average Bonchev–Trinajstić information content (AvgIpc) is 2.36. The van der Waals surface area contributed by atoms with Gasteiger partial charge in [-0.25, -0.2) is 4.79 Å². The van der Waals surface area contributed by atoms with Gasteiger partial charge in [0.05, 0.1) is 11.4 Å². The van der Waals surface area contributed by atoms with E-state index in [1.165, 1.54) is 18.2 Å². The lowest BCUT2D eigenvalue weighted by molar-refractivity contribution is 0.0694. The molecule has 0 saturated carbocycles. The van der Waals surface area contributed by atoms with Crippen LogP contribution in [0.2, 0.25) is 5.02 Å². The summed E-state index contributed by atoms with van der Waals surface area (Å²) in [6.07, 6.45) is 0. The maximum Gasteiger partial charge on any atom is 0.341 e. The van der Waals surface area contributed by atoms with E-state index in [9.17, 15) is 4.79 Å². The molecule has 0 saturated heterocycles. The molecule has 0 bridgehead atoms. The van der Waals surface area contributed by atoms with Crippen LogP contribution in [0.3, 0.4) is 0 Å². The van der Waals surface area contributed by atoms with Crippen LogP contribution in [-0.2, 0) is 0 Å². The van der Waals surface area contributed by atoms with Crippen molar-refractivity contribution in [1.29, 1.82) is 0 Å². The van der Waals surface area contributed by atoms with Gasteiger partial charge in [-0.3, -0.25) is 0 Å². The first kappa shape index (κ1) is 13.2. The van der Waals surface area contributed by atoms with Crippen molar-refractivity contribution in [2.24, 2.45) is 0 Å². The first-order valence-corrected chi connectivity index (χ1v) is 5.74. The Labute approximate surface area is 114 Å². The Kier molecular flexibility index (Phi) is 3.62. The number of aryl methyl sites for hydroxylation is 2. The molecule has 98 valence electrons. The Hall–Kier alpha value is -2.21. The molecule has 1 N–H and O–H groups in total. The lowest BCUT2D eigenvalue weighted by atomic mass is 10.2. The molecule has 0 aliphatic heterocycles. The van der Waals surface area contributed by atoms with Crippen LogP contribution >= 0.6 is 11.6 Å². The molecule has 7 heteroatoms. The van der Waals surface area contributed by atoms with Gasteiger partial charge in [-0.2, -0.15) is 4.98 Å². The van der Waals surface area contributed by atoms with E-state index in [-0.39, 0.29) is 17.3 Å². The Morgan fingerprint density at radius 2 is 2.00 bits per heavy atom. The SMILES string of the molecule is Cc1nnc(Oc2ccc(Cl)cc2C(=O)O)nc1C. The van der Waals surface area contributed by atoms with E-state index in [4.69, 9.17) is 21.4 Å². The number of rotatable bonds is 3. The van der Waals surface area contributed by atoms with Gasteiger partial charge in [-0.15, -0.1) is 5.10 Å². The van der Waals surface area contributed by atoms with Crippen LogP contribution < -0.4 is 4.74 Å². The fourth-order valence-electron chi connectivity index (χ4n) is 1.34. The van der Waals surface area contributed by atoms with E-state index >= 15 is 0 Å². The first-order chi connectivity index (χ1) is 8.97. The number of carboxylic acid groups (broad SMARTS) is 1. The highest BCUT2D eigenvalue weighted by molar-refractivity contribution is 6.31. The summed E-state index contributed by atoms with van der Waals surface area (Å²) >= 11 is 5.75. The number of ether oxygens (including phenoxy) is 1. The van der Waals surface area contributed by atoms with Gasteiger partial charge < -0.3 is 9.84 Å². The molecule has 1 aromatic carbocycles. The summed E-state index contributed by atoms with van der Waals surface area (Å²) in [5, 5.41) is 17.0. The molecule has 0 fully saturated rings. The number of carboxylic acids is 1. The van der Waals surface area contributed by atoms with E-state index in [1.54, 1.807) is 13.8 Å². The van der Waals surface area contributed by atoms with Crippen molar-refractivity contribution in [3.8, 4) is 11.8 Å². The summed E-state index contributed by atoms with van der Waals surface area (Å²) in [6.45, 7) is 3.53. The third-order valence-electron chi connectivity index (χ3n) is 2.45. The van der Waals surface area contributed by atoms with Gasteiger partial charge in [0.1, 0.15) is 11.3 Å². The van der Waals surface area contributed by atoms with Crippen LogP contribution in [0.1, 0.15) is 21.7 Å². The molecule has 0 unspecified atom stereocenters. The Balaban J connectivity index is 2.37. The lowest BCUT2D eigenvalue weighted by Crippen LogP contribution is -2.03. The number of halogens is 1. The molecule has 0 radical (unpaired) electrons. The summed E-state index contributed by atoms with van der Waals surface area (Å²) in [7, 11) is 0. The number of hydrogen-bond donors (Lipinski definition) is 1. The Morgan fingerprint density at radius 1 is 1.26 bits per heavy atom. The topological polar surface area (TPSA) is 85.2 Å². The highest BCUT2D eigenvalue weighted by Crippen LogP contribution is 2.26. The number of hydrogen-bond acceptors (Lipinski definition) is 5. The summed E-state index contributed by atoms with van der Waals surface area (Å²) in [6, 6.07) is 4.27. The molecule has 19 heavy (non-hydrogen) atoms. The highest BCUT2D eigenvalue weighted by Gasteiger charge is 2.14. The standard InChI is InChI=1S/C12H10ClN3O3/c1-6-7(2)15-16-12(14-6)19-10-4-3-8(13)5-9(10)11(17)18/h3-5H,1-2H3,(H,17,18). The number of aromatic carboxylic acids is 1. The predicted molar refractivity (Wildman–Crippen MR) is 67.8 cm³/mol. The van der Waals surface area contributed by atoms with E-state index in [2.05, 4.69) is 15.2 Å². The second kappa shape index (κ2) is 5.19. The summed E-state index contributed by atoms with van der Waals surface area (Å²) in [5.74, 6) is -1.03. The summed E-state index contributed by atoms with van der Waals surface area (Å²) in [4.78, 5) is 15.2. The van der Waals surface area contributed by atoms with Gasteiger partial charge in [0.25, 0.3) is 0 Å². The minimum atomic E-state index is -1.14. The monoisotopic (exact) mass is 279 g/mol. The zero-order chi connectivity index (χ0) is 14.0. The molecule has 0 atom stereocenters. The number of carbonyl (C=O) groups is 1. The molecule has 0 aliphatic rings. The van der Waals surface area contributed by atoms with Crippen molar-refractivity contribution in [2.45, 2.75) is 13.8 Å². The van der Waals surface area contributed by atoms with E-state index in [0.717, 1.165) is 0 Å². The zero-order valence-electron chi connectivity index (χ0n) is 10.2. The maximum absolute atomic E-state index is 11.1. The summed E-state index contributed by atoms with van der Waals surface area (Å²) < 4.78 is 5.34. The minimum absolute atomic E-state index is 0.00655. The van der Waals surface area contributed by atoms with Crippen LogP contribution in [0.4, 0.5) is 0 Å². The van der Waals surface area contributed by atoms with Crippen molar-refractivity contribution in [1.82, 2.24) is 15.2 Å². The molecule has 2 aromatic rings. The molecule has 0 aliphatic carbocycles. The van der Waals surface area contributed by atoms with Crippen LogP contribution in [0.25, 0.3) is 0 Å². The van der Waals surface area contributed by atoms with Crippen molar-refractivity contribution in [2.75, 3.05) is 0 Å². The predicted octanol–water partition coefficient (Wildman–Crippen LogP) is 2.63. The van der Waals surface area contributed by atoms with Crippen LogP contribution in [-0.4, -0.2) is 26.3 Å². The third kappa shape index (κ3) is 2.97. The van der Waals surface area contributed by atoms with Crippen LogP contribution in [0.5, 0.6) is 11.8 Å². The van der Waals surface area contributed by atoms with E-state index in [0.29, 0.717) is 16.4 Å². The maximum atomic E-state index is 11.1. The van der Waals surface area contributed by atoms with Crippen molar-refractivity contribution in [3.05, 3.63) is 40.2 Å². The molecule has 1 heterocycles. The fraction of sp³-hybridized carbons (Fsp3) is 0.167. The van der Waals surface area contributed by atoms with Crippen molar-refractivity contribution < 1.29 is 14.6 Å². The fourth-order valence-corrected chi connectivity index (χ4v) is 1.51. The highest BCUT2D eigenvalue weighted by atomic mass is 35.5. The molecular formula is C12H10ClN3O3. The van der Waals surface area contributed by atoms with Gasteiger partial charge in [-0.1, -0.05) is 16.7 Å². The van der Waals surface area contributed by atoms with Crippen LogP contribution in [0, 0.1) is 13.8 Å². The number of aromatic nitrogens is 3. The smallest absolute Gasteiger partial charge is 0.341 e. The van der Waals surface area contributed by atoms with Crippen LogP contribution in [0.15, 0.2) is 18.2 Å². The molecule has 6 nitrogen and oxygen atoms in total. The second-order valence-corrected chi connectivity index (χ2v) is 4.25. The van der Waals surface area contributed by atoms with E-state index in [1.807, 2.05) is 0 Å². The van der Waals surface area contributed by atoms with Gasteiger partial charge in [0, 0.05) is 5.02 Å². The Morgan fingerprint density at radius 3 is 2.63 bits per heavy atom. The van der Waals surface area contributed by atoms with Crippen molar-refractivity contribution in [3.63, 3.8) is 0 Å². The zero-order valence-corrected chi connectivity index (χ0v) is 11.0. The Bertz CT molecular complexity index is 646. The third-order valence-corrected chi connectivity index (χ3v) is 2.68. The quantitative estimate of drug-likeness (QED) is 0.929. The summed E-state index contributed by atoms with van der Waals surface area (Å²) in [5.41, 5.74) is 1.28. The normalized spacial score (nSPS) is 10.3. The van der Waals surface area contributed by atoms with E-state index < -0.39 is 5.97 Å². The number of nitrogens with zero attached hydrogens (tertiary/aromatic N) is 3. The first-order valence-electron chi connectivity index (χ1n) is 5.36. The minimum Gasteiger partial charge on any atom is -0.478 e. The lowest BCUT2D eigenvalue weighted by Gasteiger charge is -2.07. The molecular weight excluding hydrogens is 270 g/mol. The molecule has 1 aromatic heterocycles. The van der Waals surface area contributed by atoms with Gasteiger partial charge in [-0.05, 0) is 32.0 Å². The number of benzene rings is 1. The molecule has 0 spiro atoms. The van der Waals surface area contributed by atoms with Gasteiger partial charge >= 0.3 is 12.0 Å².